The van der Waals surface area contributed by atoms with Gasteiger partial charge in [0.2, 0.25) is 0 Å². The summed E-state index contributed by atoms with van der Waals surface area (Å²) in [5.74, 6) is 0. The van der Waals surface area contributed by atoms with E-state index >= 15 is 0 Å². The Kier molecular flexibility index (Phi) is 9.16. The second-order valence-electron chi connectivity index (χ2n) is 10.5. The summed E-state index contributed by atoms with van der Waals surface area (Å²) in [4.78, 5) is 0. The van der Waals surface area contributed by atoms with Gasteiger partial charge in [0, 0.05) is 20.1 Å². The van der Waals surface area contributed by atoms with Crippen LogP contribution in [-0.4, -0.2) is 40.5 Å². The van der Waals surface area contributed by atoms with E-state index in [2.05, 4.69) is 106 Å². The minimum absolute atomic E-state index is 0.180. The summed E-state index contributed by atoms with van der Waals surface area (Å²) in [5.41, 5.74) is 1.06. The van der Waals surface area contributed by atoms with E-state index in [1.165, 1.54) is 10.4 Å². The van der Waals surface area contributed by atoms with Crippen molar-refractivity contribution in [2.75, 3.05) is 13.7 Å². The van der Waals surface area contributed by atoms with Crippen molar-refractivity contribution in [3.05, 3.63) is 109 Å². The third-order valence-corrected chi connectivity index (χ3v) is 12.1. The Morgan fingerprint density at radius 2 is 1.41 bits per heavy atom. The Hall–Kier alpha value is -2.54. The van der Waals surface area contributed by atoms with Gasteiger partial charge >= 0.3 is 0 Å². The lowest BCUT2D eigenvalue weighted by molar-refractivity contribution is -0.191. The van der Waals surface area contributed by atoms with Gasteiger partial charge in [-0.15, -0.1) is 0 Å². The molecule has 3 aromatic carbocycles. The molecule has 5 heteroatoms. The molecule has 4 nitrogen and oxygen atoms in total. The maximum atomic E-state index is 7.63. The van der Waals surface area contributed by atoms with Crippen molar-refractivity contribution in [3.8, 4) is 0 Å². The summed E-state index contributed by atoms with van der Waals surface area (Å²) in [5, 5.41) is 2.27. The Morgan fingerprint density at radius 3 is 1.89 bits per heavy atom. The van der Waals surface area contributed by atoms with E-state index < -0.39 is 14.4 Å². The fraction of sp³-hybridized carbons (Fsp3) is 0.375. The minimum atomic E-state index is -2.88. The molecule has 0 radical (unpaired) electrons. The summed E-state index contributed by atoms with van der Waals surface area (Å²) in [6.45, 7) is 9.47. The van der Waals surface area contributed by atoms with E-state index in [9.17, 15) is 0 Å². The van der Waals surface area contributed by atoms with Crippen LogP contribution in [0.1, 0.15) is 45.8 Å². The second-order valence-corrected chi connectivity index (χ2v) is 14.7. The molecule has 0 aromatic heterocycles. The highest BCUT2D eigenvalue weighted by Gasteiger charge is 2.53. The Balaban J connectivity index is 1.90. The SMILES string of the molecule is CCO[C@@H]1CC=C[C@H]([C@H](O[Si](c2ccccc2)(c2ccccc2)C(C)(C)C)[C@H](OC)c2ccccc2)O1. The number of methoxy groups -OCH3 is 1. The van der Waals surface area contributed by atoms with Crippen LogP contribution in [0.4, 0.5) is 0 Å². The molecule has 4 rings (SSSR count). The number of ether oxygens (including phenoxy) is 3. The summed E-state index contributed by atoms with van der Waals surface area (Å²) in [7, 11) is -1.13. The van der Waals surface area contributed by atoms with E-state index in [1.54, 1.807) is 7.11 Å². The standard InChI is InChI=1S/C32H40O4Si/c1-6-34-29-24-16-23-28(35-29)31(30(33-5)25-17-10-7-11-18-25)36-37(32(2,3)4,26-19-12-8-13-20-26)27-21-14-9-15-22-27/h7-23,28-31H,6,24H2,1-5H3/t28-,29+,30-,31+/m1/s1. The van der Waals surface area contributed by atoms with Crippen LogP contribution in [-0.2, 0) is 18.6 Å². The first-order valence-corrected chi connectivity index (χ1v) is 15.1. The topological polar surface area (TPSA) is 36.9 Å². The molecule has 1 aliphatic rings. The highest BCUT2D eigenvalue weighted by Crippen LogP contribution is 2.41. The number of hydrogen-bond acceptors (Lipinski definition) is 4. The smallest absolute Gasteiger partial charge is 0.261 e. The van der Waals surface area contributed by atoms with Gasteiger partial charge in [-0.25, -0.2) is 0 Å². The van der Waals surface area contributed by atoms with E-state index in [0.717, 1.165) is 12.0 Å². The van der Waals surface area contributed by atoms with Crippen LogP contribution < -0.4 is 10.4 Å². The van der Waals surface area contributed by atoms with Crippen molar-refractivity contribution in [1.29, 1.82) is 0 Å². The zero-order valence-electron chi connectivity index (χ0n) is 22.7. The van der Waals surface area contributed by atoms with Crippen molar-refractivity contribution in [1.82, 2.24) is 0 Å². The highest BCUT2D eigenvalue weighted by molar-refractivity contribution is 6.99. The fourth-order valence-electron chi connectivity index (χ4n) is 5.38. The first-order valence-electron chi connectivity index (χ1n) is 13.2. The lowest BCUT2D eigenvalue weighted by Gasteiger charge is -2.48. The molecule has 0 amide bonds. The molecule has 0 saturated heterocycles. The molecular weight excluding hydrogens is 476 g/mol. The van der Waals surface area contributed by atoms with E-state index in [-0.39, 0.29) is 23.5 Å². The molecule has 1 heterocycles. The van der Waals surface area contributed by atoms with Gasteiger partial charge in [0.1, 0.15) is 18.3 Å². The molecule has 37 heavy (non-hydrogen) atoms. The first-order chi connectivity index (χ1) is 17.9. The monoisotopic (exact) mass is 516 g/mol. The molecule has 3 aromatic rings. The molecule has 0 fully saturated rings. The van der Waals surface area contributed by atoms with Crippen molar-refractivity contribution in [2.45, 2.75) is 63.8 Å². The van der Waals surface area contributed by atoms with Gasteiger partial charge in [0.25, 0.3) is 8.32 Å². The fourth-order valence-corrected chi connectivity index (χ4v) is 10.1. The average molecular weight is 517 g/mol. The normalized spacial score (nSPS) is 19.9. The lowest BCUT2D eigenvalue weighted by Crippen LogP contribution is -2.69. The van der Waals surface area contributed by atoms with Gasteiger partial charge in [-0.1, -0.05) is 124 Å². The van der Waals surface area contributed by atoms with Gasteiger partial charge < -0.3 is 18.6 Å². The number of hydrogen-bond donors (Lipinski definition) is 0. The van der Waals surface area contributed by atoms with Gasteiger partial charge in [-0.05, 0) is 27.9 Å². The Morgan fingerprint density at radius 1 is 0.865 bits per heavy atom. The lowest BCUT2D eigenvalue weighted by atomic mass is 9.98. The van der Waals surface area contributed by atoms with Gasteiger partial charge in [-0.3, -0.25) is 0 Å². The van der Waals surface area contributed by atoms with Crippen molar-refractivity contribution < 1.29 is 18.6 Å². The summed E-state index contributed by atoms with van der Waals surface area (Å²) < 4.78 is 26.3. The van der Waals surface area contributed by atoms with Crippen molar-refractivity contribution in [2.24, 2.45) is 0 Å². The van der Waals surface area contributed by atoms with E-state index in [1.807, 2.05) is 25.1 Å². The predicted octanol–water partition coefficient (Wildman–Crippen LogP) is 6.03. The Bertz CT molecular complexity index is 1070. The minimum Gasteiger partial charge on any atom is -0.398 e. The average Bonchev–Trinajstić information content (AvgIpc) is 2.92. The Labute approximate surface area is 223 Å². The molecule has 0 bridgehead atoms. The summed E-state index contributed by atoms with van der Waals surface area (Å²) in [6, 6.07) is 31.7. The highest BCUT2D eigenvalue weighted by atomic mass is 28.4. The van der Waals surface area contributed by atoms with E-state index in [4.69, 9.17) is 18.6 Å². The third-order valence-electron chi connectivity index (χ3n) is 7.05. The van der Waals surface area contributed by atoms with Crippen molar-refractivity contribution >= 4 is 18.7 Å². The maximum Gasteiger partial charge on any atom is 0.261 e. The largest absolute Gasteiger partial charge is 0.398 e. The molecule has 1 aliphatic heterocycles. The van der Waals surface area contributed by atoms with Crippen molar-refractivity contribution in [3.63, 3.8) is 0 Å². The number of rotatable bonds is 10. The maximum absolute atomic E-state index is 7.63. The molecule has 0 aliphatic carbocycles. The number of benzene rings is 3. The molecule has 196 valence electrons. The summed E-state index contributed by atoms with van der Waals surface area (Å²) >= 11 is 0. The van der Waals surface area contributed by atoms with Crippen LogP contribution in [0.2, 0.25) is 5.04 Å². The zero-order valence-corrected chi connectivity index (χ0v) is 23.7. The van der Waals surface area contributed by atoms with Gasteiger partial charge in [-0.2, -0.15) is 0 Å². The van der Waals surface area contributed by atoms with Crippen LogP contribution in [0.5, 0.6) is 0 Å². The molecule has 0 spiro atoms. The van der Waals surface area contributed by atoms with Gasteiger partial charge in [0.15, 0.2) is 6.29 Å². The van der Waals surface area contributed by atoms with Crippen LogP contribution in [0, 0.1) is 0 Å². The first kappa shape index (κ1) is 27.5. The van der Waals surface area contributed by atoms with E-state index in [0.29, 0.717) is 6.61 Å². The second kappa shape index (κ2) is 12.3. The molecule has 0 unspecified atom stereocenters. The van der Waals surface area contributed by atoms with Crippen LogP contribution in [0.25, 0.3) is 0 Å². The van der Waals surface area contributed by atoms with Crippen LogP contribution >= 0.6 is 0 Å². The quantitative estimate of drug-likeness (QED) is 0.244. The molecule has 0 N–H and O–H groups in total. The summed E-state index contributed by atoms with van der Waals surface area (Å²) in [6.07, 6.45) is 3.60. The van der Waals surface area contributed by atoms with Gasteiger partial charge in [0.05, 0.1) is 0 Å². The predicted molar refractivity (Wildman–Crippen MR) is 153 cm³/mol. The van der Waals surface area contributed by atoms with Crippen LogP contribution in [0.15, 0.2) is 103 Å². The van der Waals surface area contributed by atoms with Crippen LogP contribution in [0.3, 0.4) is 0 Å². The molecular formula is C32H40O4Si. The zero-order chi connectivity index (χ0) is 26.3. The molecule has 0 saturated carbocycles. The third kappa shape index (κ3) is 5.97. The molecule has 4 atom stereocenters.